The molecule has 0 spiro atoms. The lowest BCUT2D eigenvalue weighted by Crippen LogP contribution is -2.04. The van der Waals surface area contributed by atoms with E-state index in [1.54, 1.807) is 12.1 Å². The molecular weight excluding hydrogens is 294 g/mol. The summed E-state index contributed by atoms with van der Waals surface area (Å²) in [6.07, 6.45) is 1.90. The van der Waals surface area contributed by atoms with E-state index in [1.165, 1.54) is 0 Å². The first-order chi connectivity index (χ1) is 11.2. The number of nitrogens with zero attached hydrogens (tertiary/aromatic N) is 1. The zero-order valence-corrected chi connectivity index (χ0v) is 12.5. The van der Waals surface area contributed by atoms with E-state index in [9.17, 15) is 9.90 Å². The third-order valence-electron chi connectivity index (χ3n) is 3.66. The molecule has 1 aromatic heterocycles. The normalized spacial score (nSPS) is 10.8. The number of carboxylic acid groups (broad SMARTS) is 1. The molecule has 0 saturated carbocycles. The quantitative estimate of drug-likeness (QED) is 0.734. The smallest absolute Gasteiger partial charge is 0.337 e. The molecule has 1 heterocycles. The van der Waals surface area contributed by atoms with E-state index in [0.717, 1.165) is 16.5 Å². The maximum atomic E-state index is 11.4. The minimum absolute atomic E-state index is 0.0188. The second-order valence-electron chi connectivity index (χ2n) is 5.21. The number of hydrogen-bond acceptors (Lipinski definition) is 3. The maximum absolute atomic E-state index is 11.4. The highest BCUT2D eigenvalue weighted by molar-refractivity contribution is 6.02. The van der Waals surface area contributed by atoms with Crippen molar-refractivity contribution in [2.24, 2.45) is 0 Å². The Morgan fingerprint density at radius 3 is 2.57 bits per heavy atom. The van der Waals surface area contributed by atoms with Gasteiger partial charge in [0.2, 0.25) is 0 Å². The van der Waals surface area contributed by atoms with Crippen molar-refractivity contribution in [3.63, 3.8) is 0 Å². The highest BCUT2D eigenvalue weighted by Crippen LogP contribution is 2.22. The van der Waals surface area contributed by atoms with Gasteiger partial charge in [-0.3, -0.25) is 0 Å². The topological polar surface area (TPSA) is 71.7 Å². The lowest BCUT2D eigenvalue weighted by Gasteiger charge is -2.09. The van der Waals surface area contributed by atoms with Gasteiger partial charge in [-0.05, 0) is 29.8 Å². The molecule has 0 radical (unpaired) electrons. The number of para-hydroxylation sites is 1. The summed E-state index contributed by atoms with van der Waals surface area (Å²) in [5.41, 5.74) is 2.06. The number of carbonyl (C=O) groups is 1. The Balaban J connectivity index is 1.88. The molecule has 3 rings (SSSR count). The van der Waals surface area contributed by atoms with E-state index in [1.807, 2.05) is 47.2 Å². The summed E-state index contributed by atoms with van der Waals surface area (Å²) < 4.78 is 7.26. The Labute approximate surface area is 133 Å². The van der Waals surface area contributed by atoms with E-state index >= 15 is 0 Å². The molecule has 23 heavy (non-hydrogen) atoms. The minimum Gasteiger partial charge on any atom is -0.491 e. The molecule has 2 N–H and O–H groups in total. The number of aliphatic hydroxyl groups is 1. The van der Waals surface area contributed by atoms with Gasteiger partial charge in [-0.15, -0.1) is 0 Å². The van der Waals surface area contributed by atoms with Crippen LogP contribution in [0.1, 0.15) is 15.9 Å². The van der Waals surface area contributed by atoms with Crippen molar-refractivity contribution in [1.29, 1.82) is 0 Å². The van der Waals surface area contributed by atoms with Crippen LogP contribution in [0.25, 0.3) is 10.9 Å². The van der Waals surface area contributed by atoms with Crippen molar-refractivity contribution >= 4 is 16.9 Å². The van der Waals surface area contributed by atoms with Crippen molar-refractivity contribution in [2.45, 2.75) is 6.54 Å². The number of aromatic carboxylic acids is 1. The number of carboxylic acids is 1. The Hall–Kier alpha value is -2.79. The number of aliphatic hydroxyl groups excluding tert-OH is 1. The van der Waals surface area contributed by atoms with E-state index in [2.05, 4.69) is 0 Å². The van der Waals surface area contributed by atoms with Crippen LogP contribution in [0.5, 0.6) is 5.75 Å². The standard InChI is InChI=1S/C18H17NO4/c20-10-11-23-15-6-4-13(5-7-15)12-19-9-8-14-2-1-3-16(17(14)19)18(21)22/h1-9,20H,10-12H2,(H,21,22). The Kier molecular flexibility index (Phi) is 4.30. The molecule has 0 amide bonds. The van der Waals surface area contributed by atoms with E-state index < -0.39 is 5.97 Å². The van der Waals surface area contributed by atoms with E-state index in [0.29, 0.717) is 17.9 Å². The Morgan fingerprint density at radius 1 is 1.09 bits per heavy atom. The molecule has 0 bridgehead atoms. The minimum atomic E-state index is -0.927. The van der Waals surface area contributed by atoms with Gasteiger partial charge in [0, 0.05) is 18.1 Å². The first-order valence-corrected chi connectivity index (χ1v) is 7.33. The van der Waals surface area contributed by atoms with Crippen molar-refractivity contribution in [1.82, 2.24) is 4.57 Å². The fraction of sp³-hybridized carbons (Fsp3) is 0.167. The number of ether oxygens (including phenoxy) is 1. The maximum Gasteiger partial charge on any atom is 0.337 e. The number of fused-ring (bicyclic) bond motifs is 1. The molecule has 5 nitrogen and oxygen atoms in total. The summed E-state index contributed by atoms with van der Waals surface area (Å²) in [5.74, 6) is -0.227. The highest BCUT2D eigenvalue weighted by Gasteiger charge is 2.12. The van der Waals surface area contributed by atoms with Gasteiger partial charge in [-0.25, -0.2) is 4.79 Å². The van der Waals surface area contributed by atoms with Crippen molar-refractivity contribution in [2.75, 3.05) is 13.2 Å². The van der Waals surface area contributed by atoms with Gasteiger partial charge in [-0.2, -0.15) is 0 Å². The predicted octanol–water partition coefficient (Wildman–Crippen LogP) is 2.76. The molecule has 0 fully saturated rings. The number of rotatable bonds is 6. The van der Waals surface area contributed by atoms with Gasteiger partial charge in [0.1, 0.15) is 12.4 Å². The third-order valence-corrected chi connectivity index (χ3v) is 3.66. The van der Waals surface area contributed by atoms with Crippen molar-refractivity contribution in [3.8, 4) is 5.75 Å². The summed E-state index contributed by atoms with van der Waals surface area (Å²) in [4.78, 5) is 11.4. The lowest BCUT2D eigenvalue weighted by molar-refractivity contribution is 0.0698. The van der Waals surface area contributed by atoms with Gasteiger partial charge in [0.05, 0.1) is 17.7 Å². The monoisotopic (exact) mass is 311 g/mol. The lowest BCUT2D eigenvalue weighted by atomic mass is 10.1. The van der Waals surface area contributed by atoms with Crippen LogP contribution in [-0.2, 0) is 6.54 Å². The Morgan fingerprint density at radius 2 is 1.87 bits per heavy atom. The van der Waals surface area contributed by atoms with Gasteiger partial charge < -0.3 is 19.5 Å². The molecule has 2 aromatic carbocycles. The molecule has 5 heteroatoms. The zero-order valence-electron chi connectivity index (χ0n) is 12.5. The van der Waals surface area contributed by atoms with Crippen LogP contribution in [0.2, 0.25) is 0 Å². The molecule has 3 aromatic rings. The van der Waals surface area contributed by atoms with Crippen molar-refractivity contribution < 1.29 is 19.7 Å². The van der Waals surface area contributed by atoms with E-state index in [-0.39, 0.29) is 13.2 Å². The van der Waals surface area contributed by atoms with Gasteiger partial charge in [0.15, 0.2) is 0 Å². The van der Waals surface area contributed by atoms with Crippen LogP contribution < -0.4 is 4.74 Å². The number of benzene rings is 2. The highest BCUT2D eigenvalue weighted by atomic mass is 16.5. The molecule has 118 valence electrons. The predicted molar refractivity (Wildman–Crippen MR) is 87.0 cm³/mol. The average Bonchev–Trinajstić information content (AvgIpc) is 2.97. The molecule has 0 aliphatic heterocycles. The second kappa shape index (κ2) is 6.54. The van der Waals surface area contributed by atoms with Crippen LogP contribution in [0.4, 0.5) is 0 Å². The largest absolute Gasteiger partial charge is 0.491 e. The SMILES string of the molecule is O=C(O)c1cccc2ccn(Cc3ccc(OCCO)cc3)c12. The third kappa shape index (κ3) is 3.19. The zero-order chi connectivity index (χ0) is 16.2. The Bertz CT molecular complexity index is 821. The molecule has 0 aliphatic rings. The molecule has 0 saturated heterocycles. The number of aromatic nitrogens is 1. The van der Waals surface area contributed by atoms with E-state index in [4.69, 9.17) is 9.84 Å². The van der Waals surface area contributed by atoms with Crippen molar-refractivity contribution in [3.05, 3.63) is 65.9 Å². The second-order valence-corrected chi connectivity index (χ2v) is 5.21. The number of hydrogen-bond donors (Lipinski definition) is 2. The van der Waals surface area contributed by atoms with Crippen LogP contribution >= 0.6 is 0 Å². The summed E-state index contributed by atoms with van der Waals surface area (Å²) in [5, 5.41) is 19.0. The molecule has 0 atom stereocenters. The molecular formula is C18H17NO4. The van der Waals surface area contributed by atoms with Crippen LogP contribution in [0, 0.1) is 0 Å². The average molecular weight is 311 g/mol. The first-order valence-electron chi connectivity index (χ1n) is 7.33. The summed E-state index contributed by atoms with van der Waals surface area (Å²) in [7, 11) is 0. The van der Waals surface area contributed by atoms with Gasteiger partial charge in [-0.1, -0.05) is 24.3 Å². The van der Waals surface area contributed by atoms with Gasteiger partial charge >= 0.3 is 5.97 Å². The fourth-order valence-electron chi connectivity index (χ4n) is 2.62. The van der Waals surface area contributed by atoms with Crippen LogP contribution in [0.3, 0.4) is 0 Å². The molecule has 0 unspecified atom stereocenters. The fourth-order valence-corrected chi connectivity index (χ4v) is 2.62. The summed E-state index contributed by atoms with van der Waals surface area (Å²) >= 11 is 0. The molecule has 0 aliphatic carbocycles. The van der Waals surface area contributed by atoms with Crippen LogP contribution in [-0.4, -0.2) is 34.0 Å². The first kappa shape index (κ1) is 15.1. The van der Waals surface area contributed by atoms with Gasteiger partial charge in [0.25, 0.3) is 0 Å². The summed E-state index contributed by atoms with van der Waals surface area (Å²) in [6.45, 7) is 0.826. The summed E-state index contributed by atoms with van der Waals surface area (Å²) in [6, 6.07) is 14.7. The van der Waals surface area contributed by atoms with Crippen LogP contribution in [0.15, 0.2) is 54.7 Å².